The summed E-state index contributed by atoms with van der Waals surface area (Å²) < 4.78 is 9.90. The fourth-order valence-corrected chi connectivity index (χ4v) is 1.86. The second-order valence-corrected chi connectivity index (χ2v) is 4.03. The minimum Gasteiger partial charge on any atom is -0.342 e. The molecule has 4 nitrogen and oxygen atoms in total. The number of nitriles is 1. The molecule has 4 heteroatoms. The zero-order valence-corrected chi connectivity index (χ0v) is 10.9. The molecule has 0 bridgehead atoms. The van der Waals surface area contributed by atoms with Crippen LogP contribution in [0.3, 0.4) is 0 Å². The van der Waals surface area contributed by atoms with E-state index in [4.69, 9.17) is 10.00 Å². The number of imidazole rings is 1. The summed E-state index contributed by atoms with van der Waals surface area (Å²) in [7, 11) is 0. The van der Waals surface area contributed by atoms with Gasteiger partial charge in [-0.3, -0.25) is 0 Å². The standard InChI is InChI=1S/C13H22N3O/c1-3-11-17-12-16-10-9-15(13(16)4-2)8-6-5-7-14/h9-10H,3-6,8,11-12H2,1-2H3/q+1. The van der Waals surface area contributed by atoms with E-state index in [1.54, 1.807) is 0 Å². The van der Waals surface area contributed by atoms with Crippen molar-refractivity contribution in [2.45, 2.75) is 52.8 Å². The summed E-state index contributed by atoms with van der Waals surface area (Å²) in [6, 6.07) is 2.18. The van der Waals surface area contributed by atoms with Gasteiger partial charge < -0.3 is 4.74 Å². The minimum atomic E-state index is 0.619. The topological polar surface area (TPSA) is 41.8 Å². The summed E-state index contributed by atoms with van der Waals surface area (Å²) in [5, 5.41) is 8.53. The lowest BCUT2D eigenvalue weighted by Gasteiger charge is -2.03. The van der Waals surface area contributed by atoms with E-state index < -0.39 is 0 Å². The molecule has 94 valence electrons. The van der Waals surface area contributed by atoms with Crippen LogP contribution in [-0.4, -0.2) is 11.2 Å². The van der Waals surface area contributed by atoms with Crippen molar-refractivity contribution < 1.29 is 9.30 Å². The van der Waals surface area contributed by atoms with E-state index >= 15 is 0 Å². The molecule has 1 heterocycles. The highest BCUT2D eigenvalue weighted by atomic mass is 16.5. The number of aryl methyl sites for hydroxylation is 1. The van der Waals surface area contributed by atoms with Crippen LogP contribution >= 0.6 is 0 Å². The molecule has 0 atom stereocenters. The van der Waals surface area contributed by atoms with Crippen LogP contribution in [0.15, 0.2) is 12.4 Å². The highest BCUT2D eigenvalue weighted by Crippen LogP contribution is 2.01. The van der Waals surface area contributed by atoms with Crippen LogP contribution in [0, 0.1) is 11.3 Å². The molecule has 0 aromatic carbocycles. The van der Waals surface area contributed by atoms with Gasteiger partial charge in [0.2, 0.25) is 0 Å². The molecule has 1 aromatic rings. The predicted molar refractivity (Wildman–Crippen MR) is 65.1 cm³/mol. The highest BCUT2D eigenvalue weighted by molar-refractivity contribution is 4.83. The van der Waals surface area contributed by atoms with Gasteiger partial charge in [-0.05, 0) is 12.8 Å². The van der Waals surface area contributed by atoms with Crippen LogP contribution in [0.25, 0.3) is 0 Å². The molecule has 0 aliphatic carbocycles. The average molecular weight is 236 g/mol. The summed E-state index contributed by atoms with van der Waals surface area (Å²) in [6.07, 6.45) is 7.69. The van der Waals surface area contributed by atoms with Gasteiger partial charge in [-0.15, -0.1) is 0 Å². The Labute approximate surface area is 103 Å². The first-order valence-electron chi connectivity index (χ1n) is 6.35. The average Bonchev–Trinajstić information content (AvgIpc) is 2.72. The maximum absolute atomic E-state index is 8.53. The molecular weight excluding hydrogens is 214 g/mol. The van der Waals surface area contributed by atoms with E-state index in [1.165, 1.54) is 5.82 Å². The van der Waals surface area contributed by atoms with E-state index in [9.17, 15) is 0 Å². The Balaban J connectivity index is 2.57. The van der Waals surface area contributed by atoms with E-state index in [-0.39, 0.29) is 0 Å². The van der Waals surface area contributed by atoms with Crippen molar-refractivity contribution in [3.63, 3.8) is 0 Å². The summed E-state index contributed by atoms with van der Waals surface area (Å²) in [4.78, 5) is 0. The Morgan fingerprint density at radius 3 is 2.94 bits per heavy atom. The monoisotopic (exact) mass is 236 g/mol. The first-order chi connectivity index (χ1) is 8.33. The lowest BCUT2D eigenvalue weighted by molar-refractivity contribution is -0.738. The van der Waals surface area contributed by atoms with Gasteiger partial charge in [0, 0.05) is 12.8 Å². The Hall–Kier alpha value is -1.34. The quantitative estimate of drug-likeness (QED) is 0.512. The molecule has 0 saturated heterocycles. The van der Waals surface area contributed by atoms with Gasteiger partial charge in [-0.1, -0.05) is 13.8 Å². The number of aromatic nitrogens is 2. The molecule has 0 radical (unpaired) electrons. The SMILES string of the molecule is CCCOC[n+]1ccn(CCCC#N)c1CC. The zero-order valence-electron chi connectivity index (χ0n) is 10.9. The van der Waals surface area contributed by atoms with Crippen molar-refractivity contribution in [2.75, 3.05) is 6.61 Å². The largest absolute Gasteiger partial charge is 0.342 e. The summed E-state index contributed by atoms with van der Waals surface area (Å²) in [5.41, 5.74) is 0. The molecule has 0 amide bonds. The van der Waals surface area contributed by atoms with Crippen molar-refractivity contribution in [3.05, 3.63) is 18.2 Å². The van der Waals surface area contributed by atoms with Gasteiger partial charge >= 0.3 is 0 Å². The van der Waals surface area contributed by atoms with Gasteiger partial charge in [-0.25, -0.2) is 9.13 Å². The number of unbranched alkanes of at least 4 members (excludes halogenated alkanes) is 1. The fourth-order valence-electron chi connectivity index (χ4n) is 1.86. The van der Waals surface area contributed by atoms with E-state index in [0.29, 0.717) is 13.2 Å². The van der Waals surface area contributed by atoms with Crippen molar-refractivity contribution in [2.24, 2.45) is 0 Å². The van der Waals surface area contributed by atoms with Crippen LogP contribution in [-0.2, 0) is 24.4 Å². The molecule has 1 rings (SSSR count). The number of hydrogen-bond donors (Lipinski definition) is 0. The van der Waals surface area contributed by atoms with Gasteiger partial charge in [0.05, 0.1) is 19.2 Å². The lowest BCUT2D eigenvalue weighted by atomic mass is 10.3. The third kappa shape index (κ3) is 4.20. The second-order valence-electron chi connectivity index (χ2n) is 4.03. The predicted octanol–water partition coefficient (Wildman–Crippen LogP) is 2.03. The van der Waals surface area contributed by atoms with Crippen LogP contribution in [0.4, 0.5) is 0 Å². The normalized spacial score (nSPS) is 10.4. The fraction of sp³-hybridized carbons (Fsp3) is 0.692. The molecular formula is C13H22N3O+. The van der Waals surface area contributed by atoms with Crippen LogP contribution in [0.5, 0.6) is 0 Å². The van der Waals surface area contributed by atoms with Gasteiger partial charge in [-0.2, -0.15) is 5.26 Å². The van der Waals surface area contributed by atoms with Crippen LogP contribution < -0.4 is 4.57 Å². The summed E-state index contributed by atoms with van der Waals surface area (Å²) in [5.74, 6) is 1.26. The molecule has 0 spiro atoms. The van der Waals surface area contributed by atoms with Crippen LogP contribution in [0.1, 0.15) is 38.9 Å². The molecule has 0 unspecified atom stereocenters. The van der Waals surface area contributed by atoms with Crippen molar-refractivity contribution >= 4 is 0 Å². The smallest absolute Gasteiger partial charge is 0.258 e. The van der Waals surface area contributed by atoms with Gasteiger partial charge in [0.25, 0.3) is 5.82 Å². The third-order valence-corrected chi connectivity index (χ3v) is 2.67. The molecule has 17 heavy (non-hydrogen) atoms. The van der Waals surface area contributed by atoms with E-state index in [1.807, 2.05) is 0 Å². The second kappa shape index (κ2) is 7.86. The summed E-state index contributed by atoms with van der Waals surface area (Å²) >= 11 is 0. The maximum atomic E-state index is 8.53. The van der Waals surface area contributed by atoms with Crippen molar-refractivity contribution in [1.29, 1.82) is 5.26 Å². The Kier molecular flexibility index (Phi) is 6.34. The number of nitrogens with zero attached hydrogens (tertiary/aromatic N) is 3. The first-order valence-corrected chi connectivity index (χ1v) is 6.35. The molecule has 0 N–H and O–H groups in total. The Morgan fingerprint density at radius 1 is 1.47 bits per heavy atom. The zero-order chi connectivity index (χ0) is 12.5. The first kappa shape index (κ1) is 13.7. The van der Waals surface area contributed by atoms with Gasteiger partial charge in [0.1, 0.15) is 12.4 Å². The minimum absolute atomic E-state index is 0.619. The van der Waals surface area contributed by atoms with E-state index in [2.05, 4.69) is 41.4 Å². The lowest BCUT2D eigenvalue weighted by Crippen LogP contribution is -2.38. The maximum Gasteiger partial charge on any atom is 0.258 e. The molecule has 0 saturated carbocycles. The van der Waals surface area contributed by atoms with Crippen molar-refractivity contribution in [3.8, 4) is 6.07 Å². The van der Waals surface area contributed by atoms with Gasteiger partial charge in [0.15, 0.2) is 6.73 Å². The number of ether oxygens (including phenoxy) is 1. The molecule has 0 fully saturated rings. The Morgan fingerprint density at radius 2 is 2.29 bits per heavy atom. The van der Waals surface area contributed by atoms with Crippen LogP contribution in [0.2, 0.25) is 0 Å². The number of hydrogen-bond acceptors (Lipinski definition) is 2. The molecule has 0 aliphatic rings. The molecule has 1 aromatic heterocycles. The third-order valence-electron chi connectivity index (χ3n) is 2.67. The van der Waals surface area contributed by atoms with E-state index in [0.717, 1.165) is 32.4 Å². The highest BCUT2D eigenvalue weighted by Gasteiger charge is 2.14. The van der Waals surface area contributed by atoms with Crippen molar-refractivity contribution in [1.82, 2.24) is 4.57 Å². The molecule has 0 aliphatic heterocycles. The Bertz CT molecular complexity index is 365. The summed E-state index contributed by atoms with van der Waals surface area (Å²) in [6.45, 7) is 6.60. The number of rotatable bonds is 8.